The third kappa shape index (κ3) is 4.25. The molecule has 5 nitrogen and oxygen atoms in total. The molecule has 0 radical (unpaired) electrons. The molecule has 1 fully saturated rings. The molecule has 1 amide bonds. The topological polar surface area (TPSA) is 68.5 Å². The van der Waals surface area contributed by atoms with E-state index in [4.69, 9.17) is 10.5 Å². The van der Waals surface area contributed by atoms with Crippen molar-refractivity contribution < 1.29 is 9.53 Å². The van der Waals surface area contributed by atoms with E-state index in [-0.39, 0.29) is 11.3 Å². The fraction of sp³-hybridized carbons (Fsp3) is 0.625. The van der Waals surface area contributed by atoms with Gasteiger partial charge in [0.05, 0.1) is 18.8 Å². The van der Waals surface area contributed by atoms with Crippen LogP contribution in [-0.4, -0.2) is 42.6 Å². The first-order valence-electron chi connectivity index (χ1n) is 7.56. The van der Waals surface area contributed by atoms with E-state index in [9.17, 15) is 4.79 Å². The van der Waals surface area contributed by atoms with Crippen LogP contribution in [0, 0.1) is 5.41 Å². The third-order valence-corrected chi connectivity index (χ3v) is 4.37. The van der Waals surface area contributed by atoms with Gasteiger partial charge in [-0.15, -0.1) is 0 Å². The summed E-state index contributed by atoms with van der Waals surface area (Å²) in [4.78, 5) is 18.7. The van der Waals surface area contributed by atoms with Crippen LogP contribution < -0.4 is 5.73 Å². The fourth-order valence-corrected chi connectivity index (χ4v) is 2.74. The van der Waals surface area contributed by atoms with E-state index < -0.39 is 0 Å². The Morgan fingerprint density at radius 2 is 2.29 bits per heavy atom. The number of methoxy groups -OCH3 is 1. The second kappa shape index (κ2) is 7.52. The number of amides is 1. The number of nitrogens with two attached hydrogens (primary N) is 1. The third-order valence-electron chi connectivity index (χ3n) is 4.37. The van der Waals surface area contributed by atoms with Crippen LogP contribution in [0.25, 0.3) is 0 Å². The summed E-state index contributed by atoms with van der Waals surface area (Å²) < 4.78 is 5.12. The van der Waals surface area contributed by atoms with Crippen LogP contribution >= 0.6 is 0 Å². The van der Waals surface area contributed by atoms with Gasteiger partial charge in [0.1, 0.15) is 0 Å². The molecule has 0 bridgehead atoms. The highest BCUT2D eigenvalue weighted by atomic mass is 16.5. The van der Waals surface area contributed by atoms with Crippen molar-refractivity contribution in [3.05, 3.63) is 30.1 Å². The Balaban J connectivity index is 1.99. The summed E-state index contributed by atoms with van der Waals surface area (Å²) in [6, 6.07) is 5.76. The van der Waals surface area contributed by atoms with Crippen molar-refractivity contribution in [1.82, 2.24) is 9.88 Å². The van der Waals surface area contributed by atoms with E-state index in [1.54, 1.807) is 13.3 Å². The van der Waals surface area contributed by atoms with Crippen molar-refractivity contribution in [2.24, 2.45) is 11.1 Å². The standard InChI is InChI=1S/C16H25N3O2/c1-21-10-9-19(12-14-5-2-3-8-18-14)15(20)11-16(13-17)6-4-7-16/h2-3,5,8H,4,6-7,9-13,17H2,1H3. The number of carbonyl (C=O) groups is 1. The van der Waals surface area contributed by atoms with E-state index in [0.29, 0.717) is 32.7 Å². The number of nitrogens with zero attached hydrogens (tertiary/aromatic N) is 2. The maximum Gasteiger partial charge on any atom is 0.223 e. The first-order chi connectivity index (χ1) is 10.2. The maximum absolute atomic E-state index is 12.6. The molecule has 21 heavy (non-hydrogen) atoms. The lowest BCUT2D eigenvalue weighted by Gasteiger charge is -2.41. The number of hydrogen-bond acceptors (Lipinski definition) is 4. The van der Waals surface area contributed by atoms with Gasteiger partial charge in [0, 0.05) is 26.3 Å². The van der Waals surface area contributed by atoms with Crippen LogP contribution in [0.3, 0.4) is 0 Å². The van der Waals surface area contributed by atoms with Crippen molar-refractivity contribution in [3.63, 3.8) is 0 Å². The Morgan fingerprint density at radius 1 is 1.48 bits per heavy atom. The van der Waals surface area contributed by atoms with Crippen LogP contribution in [0.1, 0.15) is 31.4 Å². The average Bonchev–Trinajstić information content (AvgIpc) is 2.48. The number of aromatic nitrogens is 1. The van der Waals surface area contributed by atoms with E-state index in [1.165, 1.54) is 6.42 Å². The average molecular weight is 291 g/mol. The normalized spacial score (nSPS) is 16.3. The summed E-state index contributed by atoms with van der Waals surface area (Å²) in [6.07, 6.45) is 5.61. The summed E-state index contributed by atoms with van der Waals surface area (Å²) in [5.74, 6) is 0.155. The molecular formula is C16H25N3O2. The van der Waals surface area contributed by atoms with Gasteiger partial charge in [-0.2, -0.15) is 0 Å². The van der Waals surface area contributed by atoms with Crippen molar-refractivity contribution in [1.29, 1.82) is 0 Å². The van der Waals surface area contributed by atoms with E-state index in [0.717, 1.165) is 18.5 Å². The summed E-state index contributed by atoms with van der Waals surface area (Å²) in [6.45, 7) is 2.25. The number of carbonyl (C=O) groups excluding carboxylic acids is 1. The minimum atomic E-state index is 0.0342. The zero-order chi connectivity index (χ0) is 15.1. The maximum atomic E-state index is 12.6. The Bertz CT molecular complexity index is 441. The summed E-state index contributed by atoms with van der Waals surface area (Å²) in [5, 5.41) is 0. The van der Waals surface area contributed by atoms with Crippen LogP contribution in [0.15, 0.2) is 24.4 Å². The molecular weight excluding hydrogens is 266 g/mol. The molecule has 1 aliphatic carbocycles. The van der Waals surface area contributed by atoms with Crippen LogP contribution in [0.2, 0.25) is 0 Å². The highest BCUT2D eigenvalue weighted by Gasteiger charge is 2.38. The molecule has 1 aromatic heterocycles. The molecule has 0 aromatic carbocycles. The van der Waals surface area contributed by atoms with Crippen molar-refractivity contribution >= 4 is 5.91 Å². The lowest BCUT2D eigenvalue weighted by Crippen LogP contribution is -2.44. The Kier molecular flexibility index (Phi) is 5.70. The Labute approximate surface area is 126 Å². The second-order valence-electron chi connectivity index (χ2n) is 5.86. The zero-order valence-corrected chi connectivity index (χ0v) is 12.8. The first kappa shape index (κ1) is 15.9. The van der Waals surface area contributed by atoms with Gasteiger partial charge in [0.2, 0.25) is 5.91 Å². The predicted molar refractivity (Wildman–Crippen MR) is 81.5 cm³/mol. The highest BCUT2D eigenvalue weighted by Crippen LogP contribution is 2.43. The van der Waals surface area contributed by atoms with Gasteiger partial charge in [0.25, 0.3) is 0 Å². The van der Waals surface area contributed by atoms with Crippen LogP contribution in [-0.2, 0) is 16.1 Å². The van der Waals surface area contributed by atoms with Gasteiger partial charge in [-0.25, -0.2) is 0 Å². The van der Waals surface area contributed by atoms with Gasteiger partial charge in [-0.05, 0) is 36.9 Å². The fourth-order valence-electron chi connectivity index (χ4n) is 2.74. The molecule has 116 valence electrons. The number of hydrogen-bond donors (Lipinski definition) is 1. The van der Waals surface area contributed by atoms with Gasteiger partial charge < -0.3 is 15.4 Å². The van der Waals surface area contributed by atoms with Gasteiger partial charge in [-0.3, -0.25) is 9.78 Å². The Hall–Kier alpha value is -1.46. The summed E-state index contributed by atoms with van der Waals surface area (Å²) >= 11 is 0. The van der Waals surface area contributed by atoms with Gasteiger partial charge >= 0.3 is 0 Å². The molecule has 2 rings (SSSR count). The monoisotopic (exact) mass is 291 g/mol. The highest BCUT2D eigenvalue weighted by molar-refractivity contribution is 5.77. The van der Waals surface area contributed by atoms with Crippen molar-refractivity contribution in [2.75, 3.05) is 26.8 Å². The molecule has 1 aromatic rings. The van der Waals surface area contributed by atoms with Gasteiger partial charge in [-0.1, -0.05) is 12.5 Å². The molecule has 0 unspecified atom stereocenters. The molecule has 5 heteroatoms. The second-order valence-corrected chi connectivity index (χ2v) is 5.86. The Morgan fingerprint density at radius 3 is 2.81 bits per heavy atom. The molecule has 2 N–H and O–H groups in total. The minimum absolute atomic E-state index is 0.0342. The zero-order valence-electron chi connectivity index (χ0n) is 12.8. The predicted octanol–water partition coefficient (Wildman–Crippen LogP) is 1.58. The van der Waals surface area contributed by atoms with E-state index in [1.807, 2.05) is 23.1 Å². The molecule has 1 aliphatic rings. The summed E-state index contributed by atoms with van der Waals surface area (Å²) in [5.41, 5.74) is 6.80. The molecule has 1 saturated carbocycles. The largest absolute Gasteiger partial charge is 0.383 e. The van der Waals surface area contributed by atoms with Crippen LogP contribution in [0.5, 0.6) is 0 Å². The molecule has 0 atom stereocenters. The summed E-state index contributed by atoms with van der Waals surface area (Å²) in [7, 11) is 1.65. The number of pyridine rings is 1. The molecule has 0 saturated heterocycles. The minimum Gasteiger partial charge on any atom is -0.383 e. The SMILES string of the molecule is COCCN(Cc1ccccn1)C(=O)CC1(CN)CCC1. The van der Waals surface area contributed by atoms with E-state index in [2.05, 4.69) is 4.98 Å². The van der Waals surface area contributed by atoms with Gasteiger partial charge in [0.15, 0.2) is 0 Å². The first-order valence-corrected chi connectivity index (χ1v) is 7.56. The number of rotatable bonds is 8. The lowest BCUT2D eigenvalue weighted by molar-refractivity contribution is -0.136. The smallest absolute Gasteiger partial charge is 0.223 e. The quantitative estimate of drug-likeness (QED) is 0.789. The van der Waals surface area contributed by atoms with Crippen LogP contribution in [0.4, 0.5) is 0 Å². The molecule has 0 aliphatic heterocycles. The van der Waals surface area contributed by atoms with Crippen molar-refractivity contribution in [2.45, 2.75) is 32.2 Å². The lowest BCUT2D eigenvalue weighted by atomic mass is 9.66. The van der Waals surface area contributed by atoms with Crippen molar-refractivity contribution in [3.8, 4) is 0 Å². The number of ether oxygens (including phenoxy) is 1. The van der Waals surface area contributed by atoms with E-state index >= 15 is 0 Å². The molecule has 1 heterocycles. The molecule has 0 spiro atoms.